The van der Waals surface area contributed by atoms with Crippen molar-refractivity contribution in [1.82, 2.24) is 40.0 Å². The molecule has 11 heteroatoms. The number of nitrogens with one attached hydrogen (secondary N) is 1. The van der Waals surface area contributed by atoms with E-state index >= 15 is 0 Å². The number of H-pyrrole nitrogens is 1. The molecule has 4 rings (SSSR count). The van der Waals surface area contributed by atoms with Gasteiger partial charge in [-0.1, -0.05) is 32.4 Å². The SMILES string of the molecule is CCCCc1nc(C(F)(F)CCC)nn1Cc1ccc(-n2c(Br)ccc2-c2nn[nH]n2)cc1. The molecule has 4 aromatic rings. The Morgan fingerprint density at radius 1 is 1.06 bits per heavy atom. The predicted octanol–water partition coefficient (Wildman–Crippen LogP) is 5.29. The average Bonchev–Trinajstić information content (AvgIpc) is 3.53. The Hall–Kier alpha value is -2.95. The first-order chi connectivity index (χ1) is 15.9. The zero-order valence-electron chi connectivity index (χ0n) is 18.5. The zero-order chi connectivity index (χ0) is 23.4. The van der Waals surface area contributed by atoms with E-state index in [0.717, 1.165) is 34.4 Å². The highest BCUT2D eigenvalue weighted by Gasteiger charge is 2.36. The number of aryl methyl sites for hydroxylation is 1. The highest BCUT2D eigenvalue weighted by atomic mass is 79.9. The van der Waals surface area contributed by atoms with Crippen LogP contribution >= 0.6 is 15.9 Å². The van der Waals surface area contributed by atoms with Crippen molar-refractivity contribution < 1.29 is 8.78 Å². The fourth-order valence-corrected chi connectivity index (χ4v) is 4.17. The van der Waals surface area contributed by atoms with Crippen molar-refractivity contribution in [1.29, 1.82) is 0 Å². The van der Waals surface area contributed by atoms with Gasteiger partial charge in [-0.2, -0.15) is 14.0 Å². The molecular weight excluding hydrogens is 494 g/mol. The largest absolute Gasteiger partial charge is 0.308 e. The topological polar surface area (TPSA) is 90.1 Å². The minimum atomic E-state index is -3.02. The van der Waals surface area contributed by atoms with Crippen LogP contribution in [-0.4, -0.2) is 40.0 Å². The van der Waals surface area contributed by atoms with Crippen molar-refractivity contribution in [2.45, 2.75) is 58.4 Å². The molecule has 0 amide bonds. The third kappa shape index (κ3) is 5.02. The van der Waals surface area contributed by atoms with E-state index in [0.29, 0.717) is 31.0 Å². The number of hydrogen-bond acceptors (Lipinski definition) is 5. The molecule has 174 valence electrons. The molecule has 0 unspecified atom stereocenters. The number of alkyl halides is 2. The molecule has 0 saturated carbocycles. The van der Waals surface area contributed by atoms with Gasteiger partial charge in [0.15, 0.2) is 0 Å². The summed E-state index contributed by atoms with van der Waals surface area (Å²) in [6.07, 6.45) is 2.56. The second-order valence-corrected chi connectivity index (χ2v) is 8.66. The predicted molar refractivity (Wildman–Crippen MR) is 123 cm³/mol. The van der Waals surface area contributed by atoms with Gasteiger partial charge in [-0.3, -0.25) is 0 Å². The smallest absolute Gasteiger partial charge is 0.301 e. The van der Waals surface area contributed by atoms with Crippen LogP contribution in [0.25, 0.3) is 17.2 Å². The molecule has 0 bridgehead atoms. The fourth-order valence-electron chi connectivity index (χ4n) is 3.64. The minimum absolute atomic E-state index is 0.257. The zero-order valence-corrected chi connectivity index (χ0v) is 20.1. The summed E-state index contributed by atoms with van der Waals surface area (Å²) in [6, 6.07) is 11.6. The van der Waals surface area contributed by atoms with Crippen LogP contribution in [0.1, 0.15) is 56.7 Å². The molecule has 0 saturated heterocycles. The van der Waals surface area contributed by atoms with Gasteiger partial charge < -0.3 is 4.57 Å². The lowest BCUT2D eigenvalue weighted by atomic mass is 10.2. The molecular formula is C22H25BrF2N8. The van der Waals surface area contributed by atoms with E-state index in [1.807, 2.05) is 41.0 Å². The lowest BCUT2D eigenvalue weighted by Gasteiger charge is -2.11. The Bertz CT molecular complexity index is 1180. The molecule has 0 aliphatic heterocycles. The maximum absolute atomic E-state index is 14.5. The quantitative estimate of drug-likeness (QED) is 0.307. The van der Waals surface area contributed by atoms with Crippen molar-refractivity contribution in [3.8, 4) is 17.2 Å². The van der Waals surface area contributed by atoms with Gasteiger partial charge in [-0.15, -0.1) is 15.3 Å². The summed E-state index contributed by atoms with van der Waals surface area (Å²) in [7, 11) is 0. The van der Waals surface area contributed by atoms with Gasteiger partial charge in [0.1, 0.15) is 5.82 Å². The van der Waals surface area contributed by atoms with Crippen molar-refractivity contribution in [2.24, 2.45) is 0 Å². The number of rotatable bonds is 10. The van der Waals surface area contributed by atoms with E-state index in [4.69, 9.17) is 0 Å². The van der Waals surface area contributed by atoms with Crippen LogP contribution in [0.5, 0.6) is 0 Å². The first kappa shape index (κ1) is 23.2. The van der Waals surface area contributed by atoms with Crippen LogP contribution in [0, 0.1) is 0 Å². The molecule has 0 aliphatic rings. The number of nitrogens with zero attached hydrogens (tertiary/aromatic N) is 7. The van der Waals surface area contributed by atoms with E-state index in [1.54, 1.807) is 11.6 Å². The number of aromatic amines is 1. The number of tetrazole rings is 1. The van der Waals surface area contributed by atoms with Gasteiger partial charge in [0, 0.05) is 18.5 Å². The first-order valence-electron chi connectivity index (χ1n) is 10.9. The van der Waals surface area contributed by atoms with Crippen molar-refractivity contribution in [3.05, 3.63) is 58.2 Å². The number of benzene rings is 1. The standard InChI is InChI=1S/C22H25BrF2N8/c1-3-5-6-19-26-21(22(24,25)13-4-2)29-32(19)14-15-7-9-16(10-8-15)33-17(11-12-18(33)23)20-27-30-31-28-20/h7-12H,3-6,13-14H2,1-2H3,(H,27,28,30,31). The number of halogens is 3. The van der Waals surface area contributed by atoms with E-state index in [1.165, 1.54) is 0 Å². The lowest BCUT2D eigenvalue weighted by molar-refractivity contribution is -0.0232. The van der Waals surface area contributed by atoms with Gasteiger partial charge in [0.25, 0.3) is 0 Å². The number of unbranched alkanes of at least 4 members (excludes halogenated alkanes) is 1. The van der Waals surface area contributed by atoms with E-state index < -0.39 is 5.92 Å². The summed E-state index contributed by atoms with van der Waals surface area (Å²) in [5.41, 5.74) is 2.62. The van der Waals surface area contributed by atoms with Crippen LogP contribution < -0.4 is 0 Å². The Kier molecular flexibility index (Phi) is 6.96. The average molecular weight is 519 g/mol. The minimum Gasteiger partial charge on any atom is -0.301 e. The monoisotopic (exact) mass is 518 g/mol. The third-order valence-corrected chi connectivity index (χ3v) is 5.95. The maximum atomic E-state index is 14.5. The van der Waals surface area contributed by atoms with E-state index in [-0.39, 0.29) is 12.2 Å². The Morgan fingerprint density at radius 3 is 2.52 bits per heavy atom. The second-order valence-electron chi connectivity index (χ2n) is 7.85. The van der Waals surface area contributed by atoms with Crippen molar-refractivity contribution in [3.63, 3.8) is 0 Å². The second kappa shape index (κ2) is 9.90. The molecule has 8 nitrogen and oxygen atoms in total. The first-order valence-corrected chi connectivity index (χ1v) is 11.7. The molecule has 1 N–H and O–H groups in total. The van der Waals surface area contributed by atoms with Crippen LogP contribution in [-0.2, 0) is 18.9 Å². The van der Waals surface area contributed by atoms with Crippen LogP contribution in [0.4, 0.5) is 8.78 Å². The molecule has 33 heavy (non-hydrogen) atoms. The summed E-state index contributed by atoms with van der Waals surface area (Å²) >= 11 is 3.56. The molecule has 0 radical (unpaired) electrons. The Labute approximate surface area is 198 Å². The lowest BCUT2D eigenvalue weighted by Crippen LogP contribution is -2.15. The fraction of sp³-hybridized carbons (Fsp3) is 0.409. The molecule has 3 heterocycles. The molecule has 0 spiro atoms. The van der Waals surface area contributed by atoms with Gasteiger partial charge in [-0.05, 0) is 63.8 Å². The van der Waals surface area contributed by atoms with Crippen LogP contribution in [0.2, 0.25) is 0 Å². The number of hydrogen-bond donors (Lipinski definition) is 1. The normalized spacial score (nSPS) is 11.9. The van der Waals surface area contributed by atoms with E-state index in [2.05, 4.69) is 53.6 Å². The maximum Gasteiger partial charge on any atom is 0.308 e. The molecule has 0 fully saturated rings. The van der Waals surface area contributed by atoms with Gasteiger partial charge in [0.05, 0.1) is 16.8 Å². The summed E-state index contributed by atoms with van der Waals surface area (Å²) in [5, 5.41) is 18.4. The molecule has 0 aliphatic carbocycles. The third-order valence-electron chi connectivity index (χ3n) is 5.33. The highest BCUT2D eigenvalue weighted by Crippen LogP contribution is 2.31. The van der Waals surface area contributed by atoms with Crippen LogP contribution in [0.3, 0.4) is 0 Å². The highest BCUT2D eigenvalue weighted by molar-refractivity contribution is 9.10. The molecule has 3 aromatic heterocycles. The molecule has 1 aromatic carbocycles. The summed E-state index contributed by atoms with van der Waals surface area (Å²) in [4.78, 5) is 4.21. The van der Waals surface area contributed by atoms with E-state index in [9.17, 15) is 8.78 Å². The Balaban J connectivity index is 1.60. The van der Waals surface area contributed by atoms with Gasteiger partial charge in [0.2, 0.25) is 11.6 Å². The number of aromatic nitrogens is 8. The van der Waals surface area contributed by atoms with Gasteiger partial charge >= 0.3 is 5.92 Å². The van der Waals surface area contributed by atoms with Crippen molar-refractivity contribution in [2.75, 3.05) is 0 Å². The molecule has 0 atom stereocenters. The summed E-state index contributed by atoms with van der Waals surface area (Å²) < 4.78 is 33.3. The van der Waals surface area contributed by atoms with Crippen molar-refractivity contribution >= 4 is 15.9 Å². The summed E-state index contributed by atoms with van der Waals surface area (Å²) in [6.45, 7) is 4.17. The van der Waals surface area contributed by atoms with Crippen LogP contribution in [0.15, 0.2) is 41.0 Å². The summed E-state index contributed by atoms with van der Waals surface area (Å²) in [5.74, 6) is -2.32. The van der Waals surface area contributed by atoms with Gasteiger partial charge in [-0.25, -0.2) is 9.67 Å². The Morgan fingerprint density at radius 2 is 1.85 bits per heavy atom.